The van der Waals surface area contributed by atoms with Gasteiger partial charge in [-0.05, 0) is 66.3 Å². The maximum atomic E-state index is 13.9. The standard InChI is InChI=1S/C44H51N3O7/c1-44(2,3)54-42(48)45-21-24-50-26-28-52-29-27-51-25-23-47(31-34-14-11-19-41-35(34)20-22-46(41)30-33-12-5-4-6-13-33)43(49)53-32-40-38-17-9-7-15-36(38)37-16-8-10-18-39(37)40/h4-20,22,40H,21,23-32H2,1-3H3,(H,45,48). The van der Waals surface area contributed by atoms with Gasteiger partial charge in [0.15, 0.2) is 0 Å². The number of hydrogen-bond donors (Lipinski definition) is 1. The lowest BCUT2D eigenvalue weighted by atomic mass is 9.98. The lowest BCUT2D eigenvalue weighted by Crippen LogP contribution is -2.35. The Balaban J connectivity index is 1.02. The third-order valence-electron chi connectivity index (χ3n) is 9.22. The molecule has 1 aromatic heterocycles. The molecule has 0 aliphatic heterocycles. The van der Waals surface area contributed by atoms with Gasteiger partial charge >= 0.3 is 12.2 Å². The van der Waals surface area contributed by atoms with Gasteiger partial charge in [0.1, 0.15) is 12.2 Å². The first-order valence-corrected chi connectivity index (χ1v) is 18.7. The molecule has 1 heterocycles. The lowest BCUT2D eigenvalue weighted by Gasteiger charge is -2.24. The molecular formula is C44H51N3O7. The zero-order chi connectivity index (χ0) is 37.8. The summed E-state index contributed by atoms with van der Waals surface area (Å²) in [4.78, 5) is 27.3. The fourth-order valence-corrected chi connectivity index (χ4v) is 6.72. The highest BCUT2D eigenvalue weighted by atomic mass is 16.6. The largest absolute Gasteiger partial charge is 0.448 e. The zero-order valence-corrected chi connectivity index (χ0v) is 31.5. The predicted molar refractivity (Wildman–Crippen MR) is 210 cm³/mol. The van der Waals surface area contributed by atoms with E-state index in [0.717, 1.165) is 23.0 Å². The van der Waals surface area contributed by atoms with Crippen LogP contribution in [-0.4, -0.2) is 86.6 Å². The van der Waals surface area contributed by atoms with Crippen LogP contribution in [0.4, 0.5) is 9.59 Å². The van der Waals surface area contributed by atoms with Crippen molar-refractivity contribution in [2.45, 2.75) is 45.4 Å². The van der Waals surface area contributed by atoms with Gasteiger partial charge in [-0.2, -0.15) is 0 Å². The molecule has 6 rings (SSSR count). The Labute approximate surface area is 317 Å². The molecule has 10 heteroatoms. The van der Waals surface area contributed by atoms with Gasteiger partial charge in [-0.15, -0.1) is 0 Å². The van der Waals surface area contributed by atoms with Crippen LogP contribution in [0.1, 0.15) is 48.9 Å². The molecule has 1 aliphatic carbocycles. The quantitative estimate of drug-likeness (QED) is 0.0911. The second kappa shape index (κ2) is 18.7. The van der Waals surface area contributed by atoms with E-state index in [9.17, 15) is 9.59 Å². The van der Waals surface area contributed by atoms with E-state index < -0.39 is 11.7 Å². The summed E-state index contributed by atoms with van der Waals surface area (Å²) >= 11 is 0. The zero-order valence-electron chi connectivity index (χ0n) is 31.5. The van der Waals surface area contributed by atoms with Gasteiger partial charge in [0.25, 0.3) is 0 Å². The number of benzene rings is 4. The number of carbonyl (C=O) groups is 2. The summed E-state index contributed by atoms with van der Waals surface area (Å²) in [6, 6.07) is 35.4. The Morgan fingerprint density at radius 2 is 1.35 bits per heavy atom. The minimum absolute atomic E-state index is 0.0303. The molecule has 5 aromatic rings. The van der Waals surface area contributed by atoms with E-state index in [1.54, 1.807) is 4.90 Å². The second-order valence-corrected chi connectivity index (χ2v) is 14.3. The lowest BCUT2D eigenvalue weighted by molar-refractivity contribution is 0.00925. The summed E-state index contributed by atoms with van der Waals surface area (Å²) < 4.78 is 30.6. The van der Waals surface area contributed by atoms with Gasteiger partial charge in [-0.1, -0.05) is 91.0 Å². The second-order valence-electron chi connectivity index (χ2n) is 14.3. The van der Waals surface area contributed by atoms with Gasteiger partial charge in [0.2, 0.25) is 0 Å². The molecular weight excluding hydrogens is 682 g/mol. The summed E-state index contributed by atoms with van der Waals surface area (Å²) in [6.45, 7) is 9.78. The highest BCUT2D eigenvalue weighted by Crippen LogP contribution is 2.44. The highest BCUT2D eigenvalue weighted by molar-refractivity contribution is 5.84. The summed E-state index contributed by atoms with van der Waals surface area (Å²) in [7, 11) is 0. The van der Waals surface area contributed by atoms with Crippen LogP contribution in [0.2, 0.25) is 0 Å². The Kier molecular flexibility index (Phi) is 13.4. The molecule has 0 saturated carbocycles. The van der Waals surface area contributed by atoms with Crippen LogP contribution in [0.15, 0.2) is 109 Å². The number of fused-ring (bicyclic) bond motifs is 4. The van der Waals surface area contributed by atoms with E-state index in [4.69, 9.17) is 23.7 Å². The number of nitrogens with zero attached hydrogens (tertiary/aromatic N) is 2. The Bertz CT molecular complexity index is 1920. The maximum Gasteiger partial charge on any atom is 0.410 e. The number of nitrogens with one attached hydrogen (secondary N) is 1. The fraction of sp³-hybridized carbons (Fsp3) is 0.364. The predicted octanol–water partition coefficient (Wildman–Crippen LogP) is 8.02. The van der Waals surface area contributed by atoms with Crippen LogP contribution in [0.3, 0.4) is 0 Å². The molecule has 10 nitrogen and oxygen atoms in total. The summed E-state index contributed by atoms with van der Waals surface area (Å²) in [5, 5.41) is 3.76. The van der Waals surface area contributed by atoms with Crippen LogP contribution in [0.25, 0.3) is 22.0 Å². The topological polar surface area (TPSA) is 100 Å². The molecule has 0 saturated heterocycles. The number of ether oxygens (including phenoxy) is 5. The van der Waals surface area contributed by atoms with E-state index in [2.05, 4.69) is 82.8 Å². The smallest absolute Gasteiger partial charge is 0.410 e. The van der Waals surface area contributed by atoms with Crippen molar-refractivity contribution < 1.29 is 33.3 Å². The maximum absolute atomic E-state index is 13.9. The van der Waals surface area contributed by atoms with Crippen LogP contribution in [0, 0.1) is 0 Å². The Hall–Kier alpha value is -5.16. The molecule has 0 bridgehead atoms. The summed E-state index contributed by atoms with van der Waals surface area (Å²) in [5.41, 5.74) is 7.57. The molecule has 0 radical (unpaired) electrons. The van der Waals surface area contributed by atoms with E-state index in [1.165, 1.54) is 27.8 Å². The highest BCUT2D eigenvalue weighted by Gasteiger charge is 2.30. The van der Waals surface area contributed by atoms with E-state index in [0.29, 0.717) is 59.3 Å². The van der Waals surface area contributed by atoms with E-state index in [-0.39, 0.29) is 18.6 Å². The van der Waals surface area contributed by atoms with Crippen molar-refractivity contribution in [1.82, 2.24) is 14.8 Å². The van der Waals surface area contributed by atoms with Gasteiger partial charge in [0.05, 0.1) is 39.6 Å². The number of amides is 2. The molecule has 1 aliphatic rings. The Morgan fingerprint density at radius 1 is 0.722 bits per heavy atom. The van der Waals surface area contributed by atoms with E-state index in [1.807, 2.05) is 57.2 Å². The van der Waals surface area contributed by atoms with Crippen LogP contribution in [-0.2, 0) is 36.8 Å². The van der Waals surface area contributed by atoms with Crippen molar-refractivity contribution in [2.24, 2.45) is 0 Å². The molecule has 4 aromatic carbocycles. The SMILES string of the molecule is CC(C)(C)OC(=O)NCCOCCOCCOCCN(Cc1cccc2c1ccn2Cc1ccccc1)C(=O)OCC1c2ccccc2-c2ccccc21. The van der Waals surface area contributed by atoms with Crippen LogP contribution < -0.4 is 5.32 Å². The molecule has 284 valence electrons. The van der Waals surface area contributed by atoms with Crippen molar-refractivity contribution >= 4 is 23.1 Å². The summed E-state index contributed by atoms with van der Waals surface area (Å²) in [6.07, 6.45) is 1.26. The van der Waals surface area contributed by atoms with Gasteiger partial charge in [-0.25, -0.2) is 9.59 Å². The average molecular weight is 734 g/mol. The average Bonchev–Trinajstić information content (AvgIpc) is 3.72. The molecule has 1 N–H and O–H groups in total. The summed E-state index contributed by atoms with van der Waals surface area (Å²) in [5.74, 6) is -0.0303. The Morgan fingerprint density at radius 3 is 2.04 bits per heavy atom. The minimum atomic E-state index is -0.538. The number of hydrogen-bond acceptors (Lipinski definition) is 7. The first-order chi connectivity index (χ1) is 26.3. The molecule has 0 atom stereocenters. The van der Waals surface area contributed by atoms with Gasteiger partial charge in [0, 0.05) is 49.2 Å². The molecule has 0 fully saturated rings. The molecule has 54 heavy (non-hydrogen) atoms. The van der Waals surface area contributed by atoms with Crippen LogP contribution in [0.5, 0.6) is 0 Å². The normalized spacial score (nSPS) is 12.4. The minimum Gasteiger partial charge on any atom is -0.448 e. The van der Waals surface area contributed by atoms with E-state index >= 15 is 0 Å². The van der Waals surface area contributed by atoms with Gasteiger partial charge < -0.3 is 38.5 Å². The van der Waals surface area contributed by atoms with Crippen molar-refractivity contribution in [3.63, 3.8) is 0 Å². The van der Waals surface area contributed by atoms with Crippen molar-refractivity contribution in [3.8, 4) is 11.1 Å². The third-order valence-corrected chi connectivity index (χ3v) is 9.22. The van der Waals surface area contributed by atoms with Crippen molar-refractivity contribution in [1.29, 1.82) is 0 Å². The molecule has 0 spiro atoms. The monoisotopic (exact) mass is 733 g/mol. The number of rotatable bonds is 18. The fourth-order valence-electron chi connectivity index (χ4n) is 6.72. The van der Waals surface area contributed by atoms with Crippen LogP contribution >= 0.6 is 0 Å². The van der Waals surface area contributed by atoms with Gasteiger partial charge in [-0.3, -0.25) is 0 Å². The number of alkyl carbamates (subject to hydrolysis) is 1. The van der Waals surface area contributed by atoms with Crippen molar-refractivity contribution in [2.75, 3.05) is 59.3 Å². The van der Waals surface area contributed by atoms with Crippen molar-refractivity contribution in [3.05, 3.63) is 132 Å². The first kappa shape index (κ1) is 38.6. The third kappa shape index (κ3) is 10.5. The molecule has 2 amide bonds. The molecule has 0 unspecified atom stereocenters. The first-order valence-electron chi connectivity index (χ1n) is 18.7. The number of aromatic nitrogens is 1. The number of carbonyl (C=O) groups excluding carboxylic acids is 2.